The Kier molecular flexibility index (Phi) is 3.20. The van der Waals surface area contributed by atoms with Gasteiger partial charge in [0.05, 0.1) is 18.4 Å². The van der Waals surface area contributed by atoms with Crippen molar-refractivity contribution in [1.29, 1.82) is 0 Å². The second kappa shape index (κ2) is 5.24. The van der Waals surface area contributed by atoms with Crippen molar-refractivity contribution in [3.05, 3.63) is 65.2 Å². The smallest absolute Gasteiger partial charge is 0.161 e. The number of hydrogen-bond acceptors (Lipinski definition) is 3. The van der Waals surface area contributed by atoms with E-state index in [1.54, 1.807) is 28.8 Å². The van der Waals surface area contributed by atoms with Crippen LogP contribution in [0.5, 0.6) is 0 Å². The van der Waals surface area contributed by atoms with Gasteiger partial charge in [-0.1, -0.05) is 11.6 Å². The molecule has 0 aliphatic heterocycles. The van der Waals surface area contributed by atoms with Crippen LogP contribution in [0.3, 0.4) is 0 Å². The molecule has 0 aliphatic rings. The van der Waals surface area contributed by atoms with Gasteiger partial charge in [0.25, 0.3) is 0 Å². The molecule has 0 saturated heterocycles. The van der Waals surface area contributed by atoms with Gasteiger partial charge in [-0.15, -0.1) is 0 Å². The third-order valence-corrected chi connectivity index (χ3v) is 3.86. The molecule has 3 aromatic heterocycles. The van der Waals surface area contributed by atoms with E-state index in [9.17, 15) is 8.78 Å². The average molecular weight is 331 g/mol. The topological polar surface area (TPSA) is 43.6 Å². The Labute approximate surface area is 134 Å². The lowest BCUT2D eigenvalue weighted by Crippen LogP contribution is -2.05. The number of fused-ring (bicyclic) bond motifs is 2. The maximum absolute atomic E-state index is 14.6. The second-order valence-corrected chi connectivity index (χ2v) is 5.46. The number of rotatable bonds is 2. The normalized spacial score (nSPS) is 11.4. The molecule has 4 aromatic rings. The summed E-state index contributed by atoms with van der Waals surface area (Å²) < 4.78 is 30.5. The van der Waals surface area contributed by atoms with Crippen LogP contribution in [-0.2, 0) is 6.54 Å². The van der Waals surface area contributed by atoms with Gasteiger partial charge in [0.1, 0.15) is 22.3 Å². The fraction of sp³-hybridized carbons (Fsp3) is 0.0625. The van der Waals surface area contributed by atoms with Gasteiger partial charge < -0.3 is 4.57 Å². The summed E-state index contributed by atoms with van der Waals surface area (Å²) in [7, 11) is 0. The Morgan fingerprint density at radius 3 is 2.83 bits per heavy atom. The molecule has 23 heavy (non-hydrogen) atoms. The van der Waals surface area contributed by atoms with Crippen molar-refractivity contribution in [2.45, 2.75) is 6.54 Å². The first-order chi connectivity index (χ1) is 11.1. The quantitative estimate of drug-likeness (QED) is 0.522. The molecule has 114 valence electrons. The highest BCUT2D eigenvalue weighted by Crippen LogP contribution is 2.24. The lowest BCUT2D eigenvalue weighted by Gasteiger charge is -2.09. The Hall–Kier alpha value is -2.60. The molecule has 0 fully saturated rings. The molecule has 1 aromatic carbocycles. The van der Waals surface area contributed by atoms with Gasteiger partial charge in [-0.2, -0.15) is 0 Å². The Morgan fingerprint density at radius 1 is 1.09 bits per heavy atom. The number of nitrogens with zero attached hydrogens (tertiary/aromatic N) is 4. The number of hydrogen-bond donors (Lipinski definition) is 0. The first kappa shape index (κ1) is 14.0. The summed E-state index contributed by atoms with van der Waals surface area (Å²) in [5.41, 5.74) is 1.30. The monoisotopic (exact) mass is 330 g/mol. The van der Waals surface area contributed by atoms with Gasteiger partial charge in [-0.3, -0.25) is 4.98 Å². The van der Waals surface area contributed by atoms with E-state index in [4.69, 9.17) is 11.6 Å². The number of pyridine rings is 2. The molecule has 0 unspecified atom stereocenters. The molecular formula is C16H9ClF2N4. The lowest BCUT2D eigenvalue weighted by atomic mass is 10.1. The highest BCUT2D eigenvalue weighted by molar-refractivity contribution is 6.29. The standard InChI is InChI=1S/C16H9ClF2N4/c17-14-4-3-12-16(22-14)23(8-21-12)7-10-11(18)6-13-9(15(10)19)2-1-5-20-13/h1-6,8H,7H2. The molecule has 0 N–H and O–H groups in total. The van der Waals surface area contributed by atoms with Gasteiger partial charge in [0.2, 0.25) is 0 Å². The van der Waals surface area contributed by atoms with Crippen molar-refractivity contribution in [3.63, 3.8) is 0 Å². The van der Waals surface area contributed by atoms with E-state index >= 15 is 0 Å². The average Bonchev–Trinajstić information content (AvgIpc) is 2.93. The minimum absolute atomic E-state index is 0.0354. The van der Waals surface area contributed by atoms with Crippen LogP contribution in [0.4, 0.5) is 8.78 Å². The third kappa shape index (κ3) is 2.31. The summed E-state index contributed by atoms with van der Waals surface area (Å²) in [5.74, 6) is -1.28. The van der Waals surface area contributed by atoms with Crippen LogP contribution in [-0.4, -0.2) is 19.5 Å². The first-order valence-corrected chi connectivity index (χ1v) is 7.20. The van der Waals surface area contributed by atoms with Gasteiger partial charge in [-0.25, -0.2) is 18.7 Å². The maximum atomic E-state index is 14.6. The highest BCUT2D eigenvalue weighted by Gasteiger charge is 2.16. The summed E-state index contributed by atoms with van der Waals surface area (Å²) in [6.45, 7) is -0.0354. The van der Waals surface area contributed by atoms with Crippen molar-refractivity contribution in [1.82, 2.24) is 19.5 Å². The van der Waals surface area contributed by atoms with Crippen molar-refractivity contribution < 1.29 is 8.78 Å². The van der Waals surface area contributed by atoms with Gasteiger partial charge in [-0.05, 0) is 24.3 Å². The molecular weight excluding hydrogens is 322 g/mol. The van der Waals surface area contributed by atoms with Crippen LogP contribution in [0.2, 0.25) is 5.15 Å². The Balaban J connectivity index is 1.87. The molecule has 0 saturated carbocycles. The predicted octanol–water partition coefficient (Wildman–Crippen LogP) is 3.96. The van der Waals surface area contributed by atoms with E-state index < -0.39 is 11.6 Å². The summed E-state index contributed by atoms with van der Waals surface area (Å²) in [6.07, 6.45) is 2.98. The van der Waals surface area contributed by atoms with E-state index in [-0.39, 0.29) is 23.0 Å². The minimum atomic E-state index is -0.655. The van der Waals surface area contributed by atoms with Crippen LogP contribution in [0, 0.1) is 11.6 Å². The number of halogens is 3. The van der Waals surface area contributed by atoms with E-state index in [1.165, 1.54) is 18.6 Å². The molecule has 0 radical (unpaired) electrons. The van der Waals surface area contributed by atoms with E-state index in [2.05, 4.69) is 15.0 Å². The third-order valence-electron chi connectivity index (χ3n) is 3.65. The summed E-state index contributed by atoms with van der Waals surface area (Å²) in [6, 6.07) is 7.73. The molecule has 0 amide bonds. The van der Waals surface area contributed by atoms with Crippen LogP contribution in [0.1, 0.15) is 5.56 Å². The summed E-state index contributed by atoms with van der Waals surface area (Å²) in [4.78, 5) is 12.3. The molecule has 0 spiro atoms. The van der Waals surface area contributed by atoms with Crippen LogP contribution < -0.4 is 0 Å². The fourth-order valence-corrected chi connectivity index (χ4v) is 2.68. The zero-order valence-corrected chi connectivity index (χ0v) is 12.4. The number of benzene rings is 1. The maximum Gasteiger partial charge on any atom is 0.161 e. The Morgan fingerprint density at radius 2 is 1.96 bits per heavy atom. The summed E-state index contributed by atoms with van der Waals surface area (Å²) in [5, 5.41) is 0.571. The zero-order chi connectivity index (χ0) is 16.0. The number of aromatic nitrogens is 4. The predicted molar refractivity (Wildman–Crippen MR) is 83.3 cm³/mol. The minimum Gasteiger partial charge on any atom is -0.311 e. The number of imidazole rings is 1. The van der Waals surface area contributed by atoms with Crippen molar-refractivity contribution >= 4 is 33.7 Å². The highest BCUT2D eigenvalue weighted by atomic mass is 35.5. The van der Waals surface area contributed by atoms with Crippen molar-refractivity contribution in [3.8, 4) is 0 Å². The van der Waals surface area contributed by atoms with Crippen LogP contribution in [0.15, 0.2) is 42.9 Å². The van der Waals surface area contributed by atoms with E-state index in [1.807, 2.05) is 0 Å². The van der Waals surface area contributed by atoms with Crippen molar-refractivity contribution in [2.75, 3.05) is 0 Å². The van der Waals surface area contributed by atoms with Gasteiger partial charge in [0, 0.05) is 23.2 Å². The van der Waals surface area contributed by atoms with E-state index in [0.717, 1.165) is 0 Å². The van der Waals surface area contributed by atoms with Crippen LogP contribution in [0.25, 0.3) is 22.1 Å². The summed E-state index contributed by atoms with van der Waals surface area (Å²) >= 11 is 5.88. The van der Waals surface area contributed by atoms with Crippen molar-refractivity contribution in [2.24, 2.45) is 0 Å². The largest absolute Gasteiger partial charge is 0.311 e. The molecule has 0 aliphatic carbocycles. The second-order valence-electron chi connectivity index (χ2n) is 5.07. The molecule has 7 heteroatoms. The molecule has 3 heterocycles. The van der Waals surface area contributed by atoms with Gasteiger partial charge in [0.15, 0.2) is 5.65 Å². The zero-order valence-electron chi connectivity index (χ0n) is 11.7. The first-order valence-electron chi connectivity index (χ1n) is 6.82. The molecule has 0 bridgehead atoms. The van der Waals surface area contributed by atoms with Gasteiger partial charge >= 0.3 is 0 Å². The fourth-order valence-electron chi connectivity index (χ4n) is 2.54. The SMILES string of the molecule is Fc1cc2ncccc2c(F)c1Cn1cnc2ccc(Cl)nc21. The Bertz CT molecular complexity index is 1050. The van der Waals surface area contributed by atoms with Crippen LogP contribution >= 0.6 is 11.6 Å². The molecule has 0 atom stereocenters. The van der Waals surface area contributed by atoms with E-state index in [0.29, 0.717) is 16.3 Å². The molecule has 4 rings (SSSR count). The lowest BCUT2D eigenvalue weighted by molar-refractivity contribution is 0.554. The molecule has 4 nitrogen and oxygen atoms in total.